The van der Waals surface area contributed by atoms with Crippen molar-refractivity contribution in [3.8, 4) is 5.69 Å². The average molecular weight is 240 g/mol. The smallest absolute Gasteiger partial charge is 0.181 e. The fraction of sp³-hybridized carbons (Fsp3) is 0.100. The van der Waals surface area contributed by atoms with E-state index in [0.717, 1.165) is 0 Å². The van der Waals surface area contributed by atoms with E-state index < -0.39 is 5.82 Å². The second kappa shape index (κ2) is 4.02. The van der Waals surface area contributed by atoms with Crippen molar-refractivity contribution in [3.63, 3.8) is 0 Å². The fourth-order valence-corrected chi connectivity index (χ4v) is 1.44. The minimum atomic E-state index is -0.470. The van der Waals surface area contributed by atoms with Gasteiger partial charge in [0.2, 0.25) is 0 Å². The molecule has 4 nitrogen and oxygen atoms in total. The molecule has 1 aromatic heterocycles. The maximum absolute atomic E-state index is 13.1. The number of carbonyl (C=O) groups excluding carboxylic acids is 1. The Morgan fingerprint density at radius 3 is 2.75 bits per heavy atom. The standard InChI is InChI=1S/C10H7ClFN3O/c1-6(16)10-5-15(14-13-10)9-3-7(11)2-8(12)4-9/h2-5H,1H3. The van der Waals surface area contributed by atoms with Gasteiger partial charge in [0.15, 0.2) is 5.78 Å². The third kappa shape index (κ3) is 2.09. The van der Waals surface area contributed by atoms with Gasteiger partial charge in [0, 0.05) is 11.9 Å². The molecule has 0 fully saturated rings. The molecule has 82 valence electrons. The Morgan fingerprint density at radius 2 is 2.19 bits per heavy atom. The molecule has 0 aliphatic heterocycles. The summed E-state index contributed by atoms with van der Waals surface area (Å²) >= 11 is 5.70. The van der Waals surface area contributed by atoms with Gasteiger partial charge in [0.25, 0.3) is 0 Å². The first-order chi connectivity index (χ1) is 7.56. The third-order valence-corrected chi connectivity index (χ3v) is 2.18. The van der Waals surface area contributed by atoms with Crippen LogP contribution in [0, 0.1) is 5.82 Å². The van der Waals surface area contributed by atoms with E-state index in [1.165, 1.54) is 36.0 Å². The molecule has 0 aliphatic rings. The predicted octanol–water partition coefficient (Wildman–Crippen LogP) is 2.26. The van der Waals surface area contributed by atoms with Crippen molar-refractivity contribution in [1.29, 1.82) is 0 Å². The predicted molar refractivity (Wildman–Crippen MR) is 56.3 cm³/mol. The van der Waals surface area contributed by atoms with E-state index in [1.807, 2.05) is 0 Å². The van der Waals surface area contributed by atoms with Crippen LogP contribution in [0.15, 0.2) is 24.4 Å². The highest BCUT2D eigenvalue weighted by Crippen LogP contribution is 2.16. The van der Waals surface area contributed by atoms with Gasteiger partial charge in [-0.2, -0.15) is 0 Å². The zero-order valence-electron chi connectivity index (χ0n) is 8.32. The van der Waals surface area contributed by atoms with E-state index in [-0.39, 0.29) is 16.5 Å². The number of halogens is 2. The summed E-state index contributed by atoms with van der Waals surface area (Å²) in [5.74, 6) is -0.670. The van der Waals surface area contributed by atoms with Crippen LogP contribution in [0.2, 0.25) is 5.02 Å². The molecule has 0 bridgehead atoms. The molecule has 0 atom stereocenters. The van der Waals surface area contributed by atoms with Crippen molar-refractivity contribution < 1.29 is 9.18 Å². The van der Waals surface area contributed by atoms with Crippen molar-refractivity contribution in [2.24, 2.45) is 0 Å². The molecule has 6 heteroatoms. The van der Waals surface area contributed by atoms with Crippen molar-refractivity contribution in [2.45, 2.75) is 6.92 Å². The lowest BCUT2D eigenvalue weighted by Gasteiger charge is -2.00. The van der Waals surface area contributed by atoms with Gasteiger partial charge in [0.1, 0.15) is 11.5 Å². The molecule has 2 rings (SSSR count). The minimum absolute atomic E-state index is 0.200. The molecule has 0 radical (unpaired) electrons. The molecule has 0 aliphatic carbocycles. The van der Waals surface area contributed by atoms with Gasteiger partial charge in [-0.15, -0.1) is 5.10 Å². The summed E-state index contributed by atoms with van der Waals surface area (Å²) in [6, 6.07) is 3.97. The van der Waals surface area contributed by atoms with Crippen LogP contribution in [-0.4, -0.2) is 20.8 Å². The van der Waals surface area contributed by atoms with Gasteiger partial charge >= 0.3 is 0 Å². The van der Waals surface area contributed by atoms with Gasteiger partial charge in [-0.05, 0) is 18.2 Å². The number of nitrogens with zero attached hydrogens (tertiary/aromatic N) is 3. The monoisotopic (exact) mass is 239 g/mol. The van der Waals surface area contributed by atoms with E-state index in [4.69, 9.17) is 11.6 Å². The molecule has 1 aromatic carbocycles. The van der Waals surface area contributed by atoms with E-state index >= 15 is 0 Å². The van der Waals surface area contributed by atoms with E-state index in [0.29, 0.717) is 5.69 Å². The minimum Gasteiger partial charge on any atom is -0.293 e. The largest absolute Gasteiger partial charge is 0.293 e. The number of rotatable bonds is 2. The average Bonchev–Trinajstić information content (AvgIpc) is 2.64. The number of hydrogen-bond donors (Lipinski definition) is 0. The van der Waals surface area contributed by atoms with Crippen LogP contribution < -0.4 is 0 Å². The molecule has 16 heavy (non-hydrogen) atoms. The number of benzene rings is 1. The molecule has 0 amide bonds. The second-order valence-corrected chi connectivity index (χ2v) is 3.67. The maximum atomic E-state index is 13.1. The van der Waals surface area contributed by atoms with E-state index in [1.54, 1.807) is 0 Å². The molecule has 0 saturated heterocycles. The number of hydrogen-bond acceptors (Lipinski definition) is 3. The third-order valence-electron chi connectivity index (χ3n) is 1.97. The molecular formula is C10H7ClFN3O. The summed E-state index contributed by atoms with van der Waals surface area (Å²) in [6.45, 7) is 1.38. The van der Waals surface area contributed by atoms with Crippen LogP contribution in [0.25, 0.3) is 5.69 Å². The summed E-state index contributed by atoms with van der Waals surface area (Å²) < 4.78 is 14.4. The normalized spacial score (nSPS) is 10.4. The maximum Gasteiger partial charge on any atom is 0.181 e. The second-order valence-electron chi connectivity index (χ2n) is 3.23. The highest BCUT2D eigenvalue weighted by molar-refractivity contribution is 6.30. The Kier molecular flexibility index (Phi) is 2.70. The molecule has 2 aromatic rings. The topological polar surface area (TPSA) is 47.8 Å². The lowest BCUT2D eigenvalue weighted by molar-refractivity contribution is 0.101. The highest BCUT2D eigenvalue weighted by Gasteiger charge is 2.08. The van der Waals surface area contributed by atoms with E-state index in [9.17, 15) is 9.18 Å². The van der Waals surface area contributed by atoms with Crippen molar-refractivity contribution in [3.05, 3.63) is 40.9 Å². The van der Waals surface area contributed by atoms with Crippen molar-refractivity contribution in [2.75, 3.05) is 0 Å². The van der Waals surface area contributed by atoms with Crippen molar-refractivity contribution >= 4 is 17.4 Å². The summed E-state index contributed by atoms with van der Waals surface area (Å²) in [7, 11) is 0. The van der Waals surface area contributed by atoms with Gasteiger partial charge < -0.3 is 0 Å². The van der Waals surface area contributed by atoms with Crippen molar-refractivity contribution in [1.82, 2.24) is 15.0 Å². The number of aromatic nitrogens is 3. The Morgan fingerprint density at radius 1 is 1.44 bits per heavy atom. The molecule has 0 spiro atoms. The van der Waals surface area contributed by atoms with Gasteiger partial charge in [-0.3, -0.25) is 4.79 Å². The molecule has 1 heterocycles. The van der Waals surface area contributed by atoms with Crippen LogP contribution >= 0.6 is 11.6 Å². The molecular weight excluding hydrogens is 233 g/mol. The Labute approximate surface area is 95.6 Å². The number of carbonyl (C=O) groups is 1. The van der Waals surface area contributed by atoms with Crippen LogP contribution in [-0.2, 0) is 0 Å². The summed E-state index contributed by atoms with van der Waals surface area (Å²) in [4.78, 5) is 11.0. The van der Waals surface area contributed by atoms with Crippen LogP contribution in [0.4, 0.5) is 4.39 Å². The van der Waals surface area contributed by atoms with Crippen LogP contribution in [0.3, 0.4) is 0 Å². The summed E-state index contributed by atoms with van der Waals surface area (Å²) in [5.41, 5.74) is 0.644. The Hall–Kier alpha value is -1.75. The molecule has 0 N–H and O–H groups in total. The lowest BCUT2D eigenvalue weighted by Crippen LogP contribution is -1.95. The summed E-state index contributed by atoms with van der Waals surface area (Å²) in [6.07, 6.45) is 1.42. The number of ketones is 1. The first kappa shape index (κ1) is 10.8. The highest BCUT2D eigenvalue weighted by atomic mass is 35.5. The zero-order chi connectivity index (χ0) is 11.7. The fourth-order valence-electron chi connectivity index (χ4n) is 1.22. The lowest BCUT2D eigenvalue weighted by atomic mass is 10.3. The summed E-state index contributed by atoms with van der Waals surface area (Å²) in [5, 5.41) is 7.62. The Balaban J connectivity index is 2.46. The zero-order valence-corrected chi connectivity index (χ0v) is 9.07. The Bertz CT molecular complexity index is 532. The van der Waals surface area contributed by atoms with Crippen LogP contribution in [0.1, 0.15) is 17.4 Å². The van der Waals surface area contributed by atoms with Crippen LogP contribution in [0.5, 0.6) is 0 Å². The SMILES string of the molecule is CC(=O)c1cn(-c2cc(F)cc(Cl)c2)nn1. The van der Waals surface area contributed by atoms with E-state index in [2.05, 4.69) is 10.3 Å². The molecule has 0 unspecified atom stereocenters. The van der Waals surface area contributed by atoms with Gasteiger partial charge in [-0.1, -0.05) is 16.8 Å². The molecule has 0 saturated carbocycles. The first-order valence-electron chi connectivity index (χ1n) is 4.46. The number of Topliss-reactive ketones (excluding diaryl/α,β-unsaturated/α-hetero) is 1. The first-order valence-corrected chi connectivity index (χ1v) is 4.84. The van der Waals surface area contributed by atoms with Gasteiger partial charge in [-0.25, -0.2) is 9.07 Å². The van der Waals surface area contributed by atoms with Gasteiger partial charge in [0.05, 0.1) is 11.9 Å². The quantitative estimate of drug-likeness (QED) is 0.756.